The Hall–Kier alpha value is -1.62. The number of hydrogen-bond acceptors (Lipinski definition) is 3. The Bertz CT molecular complexity index is 793. The molecule has 0 amide bonds. The first-order chi connectivity index (χ1) is 12.1. The van der Waals surface area contributed by atoms with Gasteiger partial charge in [-0.2, -0.15) is 0 Å². The molecule has 0 N–H and O–H groups in total. The highest BCUT2D eigenvalue weighted by Crippen LogP contribution is 2.30. The van der Waals surface area contributed by atoms with Crippen molar-refractivity contribution < 1.29 is 4.74 Å². The highest BCUT2D eigenvalue weighted by atomic mass is 16.5. The number of aryl methyl sites for hydroxylation is 1. The van der Waals surface area contributed by atoms with E-state index in [2.05, 4.69) is 25.0 Å². The Kier molecular flexibility index (Phi) is 4.67. The zero-order chi connectivity index (χ0) is 17.4. The van der Waals surface area contributed by atoms with Crippen LogP contribution in [-0.2, 0) is 11.3 Å². The molecular formula is C20H29N3O2. The monoisotopic (exact) mass is 343 g/mol. The largest absolute Gasteiger partial charge is 0.381 e. The molecular weight excluding hydrogens is 314 g/mol. The molecule has 136 valence electrons. The van der Waals surface area contributed by atoms with Crippen molar-refractivity contribution in [1.82, 2.24) is 14.0 Å². The van der Waals surface area contributed by atoms with Crippen LogP contribution in [0.4, 0.5) is 0 Å². The second-order valence-electron chi connectivity index (χ2n) is 8.07. The average Bonchev–Trinajstić information content (AvgIpc) is 3.05. The number of fused-ring (bicyclic) bond motifs is 1. The zero-order valence-corrected chi connectivity index (χ0v) is 15.4. The van der Waals surface area contributed by atoms with Crippen LogP contribution in [-0.4, -0.2) is 27.2 Å². The summed E-state index contributed by atoms with van der Waals surface area (Å²) >= 11 is 0. The molecule has 0 aromatic carbocycles. The summed E-state index contributed by atoms with van der Waals surface area (Å²) in [6.07, 6.45) is 10.9. The summed E-state index contributed by atoms with van der Waals surface area (Å²) in [4.78, 5) is 17.7. The molecule has 1 aliphatic heterocycles. The van der Waals surface area contributed by atoms with E-state index in [1.165, 1.54) is 25.7 Å². The van der Waals surface area contributed by atoms with Crippen molar-refractivity contribution in [3.8, 4) is 0 Å². The maximum absolute atomic E-state index is 13.1. The van der Waals surface area contributed by atoms with E-state index in [0.717, 1.165) is 55.6 Å². The summed E-state index contributed by atoms with van der Waals surface area (Å²) in [6.45, 7) is 6.82. The minimum Gasteiger partial charge on any atom is -0.381 e. The van der Waals surface area contributed by atoms with Crippen molar-refractivity contribution in [2.24, 2.45) is 11.8 Å². The molecule has 25 heavy (non-hydrogen) atoms. The second-order valence-corrected chi connectivity index (χ2v) is 8.07. The molecule has 2 aromatic rings. The lowest BCUT2D eigenvalue weighted by Gasteiger charge is -2.27. The van der Waals surface area contributed by atoms with Gasteiger partial charge in [-0.05, 0) is 44.4 Å². The van der Waals surface area contributed by atoms with Crippen LogP contribution in [0.3, 0.4) is 0 Å². The van der Waals surface area contributed by atoms with E-state index in [4.69, 9.17) is 4.74 Å². The van der Waals surface area contributed by atoms with Crippen LogP contribution < -0.4 is 5.56 Å². The third kappa shape index (κ3) is 3.26. The number of aromatic nitrogens is 3. The fourth-order valence-electron chi connectivity index (χ4n) is 4.48. The molecule has 4 rings (SSSR count). The number of ether oxygens (including phenoxy) is 1. The fraction of sp³-hybridized carbons (Fsp3) is 0.700. The Morgan fingerprint density at radius 3 is 2.60 bits per heavy atom. The molecule has 0 bridgehead atoms. The van der Waals surface area contributed by atoms with Crippen molar-refractivity contribution >= 4 is 5.52 Å². The first kappa shape index (κ1) is 16.8. The highest BCUT2D eigenvalue weighted by Gasteiger charge is 2.23. The summed E-state index contributed by atoms with van der Waals surface area (Å²) in [5, 5.41) is 0. The lowest BCUT2D eigenvalue weighted by molar-refractivity contribution is 0.0835. The summed E-state index contributed by atoms with van der Waals surface area (Å²) in [5.41, 5.74) is 1.88. The molecule has 2 fully saturated rings. The number of rotatable bonds is 3. The van der Waals surface area contributed by atoms with Gasteiger partial charge in [0.25, 0.3) is 5.56 Å². The van der Waals surface area contributed by atoms with Crippen molar-refractivity contribution in [3.05, 3.63) is 34.3 Å². The number of nitrogens with zero attached hydrogens (tertiary/aromatic N) is 3. The quantitative estimate of drug-likeness (QED) is 0.857. The predicted octanol–water partition coefficient (Wildman–Crippen LogP) is 3.52. The Morgan fingerprint density at radius 1 is 1.16 bits per heavy atom. The summed E-state index contributed by atoms with van der Waals surface area (Å²) in [5.74, 6) is 2.89. The first-order valence-corrected chi connectivity index (χ1v) is 9.78. The van der Waals surface area contributed by atoms with E-state index >= 15 is 0 Å². The van der Waals surface area contributed by atoms with E-state index in [1.54, 1.807) is 6.20 Å². The van der Waals surface area contributed by atoms with Crippen LogP contribution in [0, 0.1) is 18.8 Å². The normalized spacial score (nSPS) is 25.5. The van der Waals surface area contributed by atoms with Gasteiger partial charge in [0, 0.05) is 37.6 Å². The summed E-state index contributed by atoms with van der Waals surface area (Å²) < 4.78 is 9.48. The van der Waals surface area contributed by atoms with Gasteiger partial charge in [-0.3, -0.25) is 9.20 Å². The number of hydrogen-bond donors (Lipinski definition) is 0. The molecule has 2 aliphatic rings. The fourth-order valence-corrected chi connectivity index (χ4v) is 4.48. The molecule has 0 radical (unpaired) electrons. The third-order valence-electron chi connectivity index (χ3n) is 6.19. The molecule has 1 saturated heterocycles. The van der Waals surface area contributed by atoms with Gasteiger partial charge < -0.3 is 9.30 Å². The summed E-state index contributed by atoms with van der Waals surface area (Å²) in [6, 6.07) is 0. The average molecular weight is 343 g/mol. The molecule has 5 heteroatoms. The van der Waals surface area contributed by atoms with Gasteiger partial charge in [-0.1, -0.05) is 19.8 Å². The van der Waals surface area contributed by atoms with Crippen molar-refractivity contribution in [3.63, 3.8) is 0 Å². The van der Waals surface area contributed by atoms with Crippen LogP contribution in [0.1, 0.15) is 62.9 Å². The van der Waals surface area contributed by atoms with Crippen molar-refractivity contribution in [1.29, 1.82) is 0 Å². The first-order valence-electron chi connectivity index (χ1n) is 9.78. The van der Waals surface area contributed by atoms with Gasteiger partial charge in [0.05, 0.1) is 6.20 Å². The highest BCUT2D eigenvalue weighted by molar-refractivity contribution is 5.45. The van der Waals surface area contributed by atoms with Crippen LogP contribution in [0.15, 0.2) is 17.2 Å². The van der Waals surface area contributed by atoms with Crippen LogP contribution in [0.5, 0.6) is 0 Å². The van der Waals surface area contributed by atoms with Gasteiger partial charge in [-0.15, -0.1) is 0 Å². The van der Waals surface area contributed by atoms with Gasteiger partial charge in [0.1, 0.15) is 11.3 Å². The smallest absolute Gasteiger partial charge is 0.276 e. The van der Waals surface area contributed by atoms with Gasteiger partial charge in [0.2, 0.25) is 0 Å². The lowest BCUT2D eigenvalue weighted by Crippen LogP contribution is -2.29. The Morgan fingerprint density at radius 2 is 1.88 bits per heavy atom. The minimum atomic E-state index is 0.115. The van der Waals surface area contributed by atoms with E-state index in [-0.39, 0.29) is 5.56 Å². The SMILES string of the molecule is Cc1cn2c(C3CCOCC3)ncc2c(=O)n1C[C@H]1CC[C@@H](C)CC1. The van der Waals surface area contributed by atoms with E-state index in [9.17, 15) is 4.79 Å². The van der Waals surface area contributed by atoms with Gasteiger partial charge in [0.15, 0.2) is 0 Å². The van der Waals surface area contributed by atoms with Crippen LogP contribution >= 0.6 is 0 Å². The standard InChI is InChI=1S/C20H29N3O2/c1-14-3-5-16(6-4-14)13-22-15(2)12-23-18(20(22)24)11-21-19(23)17-7-9-25-10-8-17/h11-12,14,16-17H,3-10,13H2,1-2H3/t14-,16+. The Balaban J connectivity index is 1.64. The third-order valence-corrected chi connectivity index (χ3v) is 6.19. The predicted molar refractivity (Wildman–Crippen MR) is 98.1 cm³/mol. The molecule has 0 unspecified atom stereocenters. The molecule has 3 heterocycles. The molecule has 0 spiro atoms. The molecule has 1 saturated carbocycles. The van der Waals surface area contributed by atoms with Gasteiger partial charge in [-0.25, -0.2) is 4.98 Å². The molecule has 2 aromatic heterocycles. The maximum atomic E-state index is 13.1. The van der Waals surface area contributed by atoms with Crippen molar-refractivity contribution in [2.75, 3.05) is 13.2 Å². The Labute approximate surface area is 149 Å². The van der Waals surface area contributed by atoms with E-state index < -0.39 is 0 Å². The minimum absolute atomic E-state index is 0.115. The van der Waals surface area contributed by atoms with Crippen LogP contribution in [0.25, 0.3) is 5.52 Å². The molecule has 5 nitrogen and oxygen atoms in total. The van der Waals surface area contributed by atoms with E-state index in [0.29, 0.717) is 11.8 Å². The van der Waals surface area contributed by atoms with Crippen molar-refractivity contribution in [2.45, 2.75) is 64.8 Å². The summed E-state index contributed by atoms with van der Waals surface area (Å²) in [7, 11) is 0. The molecule has 1 aliphatic carbocycles. The maximum Gasteiger partial charge on any atom is 0.276 e. The lowest BCUT2D eigenvalue weighted by atomic mass is 9.83. The topological polar surface area (TPSA) is 48.5 Å². The second kappa shape index (κ2) is 6.94. The number of imidazole rings is 1. The van der Waals surface area contributed by atoms with Gasteiger partial charge >= 0.3 is 0 Å². The zero-order valence-electron chi connectivity index (χ0n) is 15.4. The van der Waals surface area contributed by atoms with Crippen LogP contribution in [0.2, 0.25) is 0 Å². The van der Waals surface area contributed by atoms with E-state index in [1.807, 2.05) is 8.97 Å². The molecule has 0 atom stereocenters.